The molecule has 21 heavy (non-hydrogen) atoms. The second-order valence-corrected chi connectivity index (χ2v) is 5.58. The molecule has 1 saturated heterocycles. The molecule has 5 heteroatoms. The second kappa shape index (κ2) is 7.22. The average Bonchev–Trinajstić information content (AvgIpc) is 2.94. The molecule has 0 saturated carbocycles. The molecule has 0 aromatic heterocycles. The first-order valence-electron chi connectivity index (χ1n) is 7.61. The van der Waals surface area contributed by atoms with Gasteiger partial charge in [-0.05, 0) is 25.5 Å². The number of amides is 2. The van der Waals surface area contributed by atoms with Gasteiger partial charge in [-0.2, -0.15) is 0 Å². The number of carbonyl (C=O) groups is 2. The second-order valence-electron chi connectivity index (χ2n) is 5.58. The molecule has 1 heterocycles. The van der Waals surface area contributed by atoms with Gasteiger partial charge < -0.3 is 15.5 Å². The minimum Gasteiger partial charge on any atom is -0.342 e. The van der Waals surface area contributed by atoms with Crippen molar-refractivity contribution in [3.05, 3.63) is 29.8 Å². The molecule has 0 spiro atoms. The molecule has 1 aromatic rings. The van der Waals surface area contributed by atoms with E-state index >= 15 is 0 Å². The molecule has 1 aliphatic heterocycles. The summed E-state index contributed by atoms with van der Waals surface area (Å²) in [5.74, 6) is -1.15. The van der Waals surface area contributed by atoms with Crippen LogP contribution in [0.4, 0.5) is 5.69 Å². The highest BCUT2D eigenvalue weighted by Gasteiger charge is 2.28. The topological polar surface area (TPSA) is 62.6 Å². The van der Waals surface area contributed by atoms with Crippen molar-refractivity contribution >= 4 is 17.5 Å². The summed E-state index contributed by atoms with van der Waals surface area (Å²) >= 11 is 0. The summed E-state index contributed by atoms with van der Waals surface area (Å²) in [6, 6.07) is 7.86. The van der Waals surface area contributed by atoms with Gasteiger partial charge in [-0.1, -0.05) is 18.2 Å². The number of anilines is 1. The molecular weight excluding hydrogens is 266 g/mol. The Hall–Kier alpha value is -1.88. The van der Waals surface area contributed by atoms with E-state index in [0.29, 0.717) is 18.3 Å². The van der Waals surface area contributed by atoms with Crippen molar-refractivity contribution < 1.29 is 14.5 Å². The summed E-state index contributed by atoms with van der Waals surface area (Å²) < 4.78 is 0. The van der Waals surface area contributed by atoms with Crippen LogP contribution in [0.25, 0.3) is 0 Å². The Labute approximate surface area is 125 Å². The Morgan fingerprint density at radius 2 is 2.05 bits per heavy atom. The Kier molecular flexibility index (Phi) is 5.33. The smallest absolute Gasteiger partial charge is 0.313 e. The third kappa shape index (κ3) is 4.04. The standard InChI is InChI=1S/C16H23N3O2/c1-3-19-10-6-8-13(19)11-17-15(20)16(21)18-14-9-5-4-7-12(14)2/h4-5,7,9,13H,3,6,8,10-11H2,1-2H3,(H,17,20)(H,18,21)/p+1/t13-/m1/s1. The van der Waals surface area contributed by atoms with Crippen molar-refractivity contribution in [1.29, 1.82) is 0 Å². The lowest BCUT2D eigenvalue weighted by Gasteiger charge is -2.20. The number of aryl methyl sites for hydroxylation is 1. The Morgan fingerprint density at radius 3 is 2.76 bits per heavy atom. The van der Waals surface area contributed by atoms with Crippen molar-refractivity contribution in [2.45, 2.75) is 32.7 Å². The quantitative estimate of drug-likeness (QED) is 0.690. The van der Waals surface area contributed by atoms with Gasteiger partial charge in [-0.25, -0.2) is 0 Å². The van der Waals surface area contributed by atoms with Gasteiger partial charge in [0.15, 0.2) is 0 Å². The molecule has 1 aromatic carbocycles. The van der Waals surface area contributed by atoms with Crippen LogP contribution in [0, 0.1) is 6.92 Å². The molecule has 2 amide bonds. The van der Waals surface area contributed by atoms with Crippen LogP contribution in [0.15, 0.2) is 24.3 Å². The average molecular weight is 290 g/mol. The van der Waals surface area contributed by atoms with Crippen molar-refractivity contribution in [3.63, 3.8) is 0 Å². The summed E-state index contributed by atoms with van der Waals surface area (Å²) in [5, 5.41) is 5.41. The van der Waals surface area contributed by atoms with E-state index in [1.54, 1.807) is 6.07 Å². The maximum Gasteiger partial charge on any atom is 0.313 e. The number of hydrogen-bond acceptors (Lipinski definition) is 2. The lowest BCUT2D eigenvalue weighted by atomic mass is 10.2. The van der Waals surface area contributed by atoms with Crippen LogP contribution in [-0.4, -0.2) is 37.5 Å². The van der Waals surface area contributed by atoms with Crippen molar-refractivity contribution in [1.82, 2.24) is 5.32 Å². The van der Waals surface area contributed by atoms with Crippen LogP contribution < -0.4 is 15.5 Å². The van der Waals surface area contributed by atoms with Crippen LogP contribution in [0.1, 0.15) is 25.3 Å². The van der Waals surface area contributed by atoms with Crippen molar-refractivity contribution in [3.8, 4) is 0 Å². The molecule has 1 unspecified atom stereocenters. The van der Waals surface area contributed by atoms with Gasteiger partial charge in [-0.3, -0.25) is 9.59 Å². The number of rotatable bonds is 4. The normalized spacial score (nSPS) is 21.0. The zero-order valence-electron chi connectivity index (χ0n) is 12.7. The summed E-state index contributed by atoms with van der Waals surface area (Å²) in [6.07, 6.45) is 2.31. The molecular formula is C16H24N3O2+. The van der Waals surface area contributed by atoms with Crippen LogP contribution in [0.2, 0.25) is 0 Å². The predicted molar refractivity (Wildman–Crippen MR) is 82.2 cm³/mol. The third-order valence-electron chi connectivity index (χ3n) is 4.19. The number of likely N-dealkylation sites (N-methyl/N-ethyl adjacent to an activating group) is 1. The van der Waals surface area contributed by atoms with Crippen molar-refractivity contribution in [2.24, 2.45) is 0 Å². The van der Waals surface area contributed by atoms with E-state index in [1.165, 1.54) is 11.3 Å². The van der Waals surface area contributed by atoms with E-state index in [9.17, 15) is 9.59 Å². The number of nitrogens with one attached hydrogen (secondary N) is 3. The van der Waals surface area contributed by atoms with Gasteiger partial charge >= 0.3 is 11.8 Å². The molecule has 0 radical (unpaired) electrons. The monoisotopic (exact) mass is 290 g/mol. The first-order valence-corrected chi connectivity index (χ1v) is 7.61. The van der Waals surface area contributed by atoms with Crippen LogP contribution in [-0.2, 0) is 9.59 Å². The molecule has 2 rings (SSSR count). The van der Waals surface area contributed by atoms with Crippen LogP contribution >= 0.6 is 0 Å². The van der Waals surface area contributed by atoms with Gasteiger partial charge in [0.1, 0.15) is 6.04 Å². The van der Waals surface area contributed by atoms with E-state index in [0.717, 1.165) is 25.1 Å². The number of likely N-dealkylation sites (tertiary alicyclic amines) is 1. The van der Waals surface area contributed by atoms with E-state index in [1.807, 2.05) is 25.1 Å². The summed E-state index contributed by atoms with van der Waals surface area (Å²) in [7, 11) is 0. The molecule has 0 aliphatic carbocycles. The molecule has 2 atom stereocenters. The van der Waals surface area contributed by atoms with Gasteiger partial charge in [0.05, 0.1) is 19.6 Å². The number of quaternary nitrogens is 1. The Morgan fingerprint density at radius 1 is 1.29 bits per heavy atom. The summed E-state index contributed by atoms with van der Waals surface area (Å²) in [6.45, 7) is 6.85. The fourth-order valence-corrected chi connectivity index (χ4v) is 2.88. The molecule has 114 valence electrons. The minimum atomic E-state index is -0.597. The number of carbonyl (C=O) groups excluding carboxylic acids is 2. The molecule has 1 aliphatic rings. The lowest BCUT2D eigenvalue weighted by Crippen LogP contribution is -3.14. The zero-order chi connectivity index (χ0) is 15.2. The molecule has 3 N–H and O–H groups in total. The largest absolute Gasteiger partial charge is 0.342 e. The number of para-hydroxylation sites is 1. The number of hydrogen-bond donors (Lipinski definition) is 3. The third-order valence-corrected chi connectivity index (χ3v) is 4.19. The van der Waals surface area contributed by atoms with Crippen LogP contribution in [0.3, 0.4) is 0 Å². The predicted octanol–water partition coefficient (Wildman–Crippen LogP) is 0.117. The molecule has 5 nitrogen and oxygen atoms in total. The Bertz CT molecular complexity index is 516. The van der Waals surface area contributed by atoms with Crippen molar-refractivity contribution in [2.75, 3.05) is 25.0 Å². The van der Waals surface area contributed by atoms with Gasteiger partial charge in [0.25, 0.3) is 0 Å². The first kappa shape index (κ1) is 15.5. The molecule has 0 bridgehead atoms. The van der Waals surface area contributed by atoms with E-state index in [-0.39, 0.29) is 0 Å². The van der Waals surface area contributed by atoms with Gasteiger partial charge in [0.2, 0.25) is 0 Å². The highest BCUT2D eigenvalue weighted by Crippen LogP contribution is 2.12. The fraction of sp³-hybridized carbons (Fsp3) is 0.500. The zero-order valence-corrected chi connectivity index (χ0v) is 12.7. The Balaban J connectivity index is 1.83. The highest BCUT2D eigenvalue weighted by molar-refractivity contribution is 6.39. The SMILES string of the molecule is CC[NH+]1CCC[C@@H]1CNC(=O)C(=O)Nc1ccccc1C. The van der Waals surface area contributed by atoms with E-state index in [2.05, 4.69) is 17.6 Å². The molecule has 1 fully saturated rings. The fourth-order valence-electron chi connectivity index (χ4n) is 2.88. The van der Waals surface area contributed by atoms with E-state index in [4.69, 9.17) is 0 Å². The van der Waals surface area contributed by atoms with Crippen LogP contribution in [0.5, 0.6) is 0 Å². The maximum absolute atomic E-state index is 11.9. The highest BCUT2D eigenvalue weighted by atomic mass is 16.2. The van der Waals surface area contributed by atoms with Gasteiger partial charge in [0, 0.05) is 18.5 Å². The van der Waals surface area contributed by atoms with Gasteiger partial charge in [-0.15, -0.1) is 0 Å². The number of benzene rings is 1. The first-order chi connectivity index (χ1) is 10.1. The summed E-state index contributed by atoms with van der Waals surface area (Å²) in [4.78, 5) is 25.3. The lowest BCUT2D eigenvalue weighted by molar-refractivity contribution is -0.909. The maximum atomic E-state index is 11.9. The minimum absolute atomic E-state index is 0.435. The van der Waals surface area contributed by atoms with E-state index < -0.39 is 11.8 Å². The summed E-state index contributed by atoms with van der Waals surface area (Å²) in [5.41, 5.74) is 1.62.